The van der Waals surface area contributed by atoms with Crippen LogP contribution >= 0.6 is 0 Å². The fourth-order valence-electron chi connectivity index (χ4n) is 4.26. The van der Waals surface area contributed by atoms with Crippen molar-refractivity contribution < 1.29 is 28.1 Å². The molecule has 37 heavy (non-hydrogen) atoms. The molecule has 5 rings (SSSR count). The minimum Gasteiger partial charge on any atom is -0.493 e. The van der Waals surface area contributed by atoms with Gasteiger partial charge in [0, 0.05) is 54.5 Å². The van der Waals surface area contributed by atoms with Gasteiger partial charge in [0.1, 0.15) is 5.75 Å². The van der Waals surface area contributed by atoms with Crippen LogP contribution in [0.5, 0.6) is 23.0 Å². The van der Waals surface area contributed by atoms with Gasteiger partial charge >= 0.3 is 0 Å². The van der Waals surface area contributed by atoms with Crippen molar-refractivity contribution in [2.75, 3.05) is 51.9 Å². The van der Waals surface area contributed by atoms with Crippen LogP contribution in [0.25, 0.3) is 10.9 Å². The number of carbonyl (C=O) groups is 1. The molecule has 0 radical (unpaired) electrons. The quantitative estimate of drug-likeness (QED) is 0.385. The average molecular weight is 510 g/mol. The number of benzene rings is 2. The number of anilines is 1. The third-order valence-corrected chi connectivity index (χ3v) is 6.92. The standard InChI is InChI=1S/C28H32FN3O5/c1-28(7-8-28)27(33)31-19-4-5-24(21(29)16-19)37-23-6-9-30-22-18-25(34-2)26(17-20(22)23)36-13-3-10-32-11-14-35-15-12-32/h4-6,9,16-18H,3,7-8,10-15H2,1-2H3,(H,31,33). The van der Waals surface area contributed by atoms with E-state index in [0.717, 1.165) is 52.1 Å². The maximum absolute atomic E-state index is 14.9. The van der Waals surface area contributed by atoms with Crippen LogP contribution in [0.1, 0.15) is 26.2 Å². The lowest BCUT2D eigenvalue weighted by Crippen LogP contribution is -2.37. The number of fused-ring (bicyclic) bond motifs is 1. The Bertz CT molecular complexity index is 1270. The van der Waals surface area contributed by atoms with Crippen LogP contribution in [0.3, 0.4) is 0 Å². The predicted octanol–water partition coefficient (Wildman–Crippen LogP) is 5.01. The van der Waals surface area contributed by atoms with Crippen molar-refractivity contribution in [3.63, 3.8) is 0 Å². The Morgan fingerprint density at radius 3 is 2.65 bits per heavy atom. The third kappa shape index (κ3) is 5.94. The minimum absolute atomic E-state index is 0.0481. The first-order chi connectivity index (χ1) is 17.9. The summed E-state index contributed by atoms with van der Waals surface area (Å²) in [5.74, 6) is 0.962. The van der Waals surface area contributed by atoms with Gasteiger partial charge in [-0.05, 0) is 43.5 Å². The Balaban J connectivity index is 1.30. The van der Waals surface area contributed by atoms with E-state index in [-0.39, 0.29) is 17.1 Å². The molecule has 3 aromatic rings. The van der Waals surface area contributed by atoms with E-state index in [9.17, 15) is 9.18 Å². The molecular weight excluding hydrogens is 477 g/mol. The van der Waals surface area contributed by atoms with Crippen molar-refractivity contribution in [2.24, 2.45) is 5.41 Å². The molecule has 196 valence electrons. The van der Waals surface area contributed by atoms with Crippen molar-refractivity contribution in [1.29, 1.82) is 0 Å². The van der Waals surface area contributed by atoms with E-state index >= 15 is 0 Å². The van der Waals surface area contributed by atoms with Gasteiger partial charge in [-0.15, -0.1) is 0 Å². The summed E-state index contributed by atoms with van der Waals surface area (Å²) >= 11 is 0. The number of nitrogens with one attached hydrogen (secondary N) is 1. The normalized spacial score (nSPS) is 16.8. The number of rotatable bonds is 10. The average Bonchev–Trinajstić information content (AvgIpc) is 3.67. The first kappa shape index (κ1) is 25.2. The highest BCUT2D eigenvalue weighted by Gasteiger charge is 2.44. The van der Waals surface area contributed by atoms with Crippen molar-refractivity contribution in [1.82, 2.24) is 9.88 Å². The predicted molar refractivity (Wildman–Crippen MR) is 138 cm³/mol. The Hall–Kier alpha value is -3.43. The van der Waals surface area contributed by atoms with E-state index in [0.29, 0.717) is 40.4 Å². The Morgan fingerprint density at radius 2 is 1.92 bits per heavy atom. The number of carbonyl (C=O) groups excluding carboxylic acids is 1. The molecule has 0 atom stereocenters. The number of aromatic nitrogens is 1. The Labute approximate surface area is 215 Å². The summed E-state index contributed by atoms with van der Waals surface area (Å²) < 4.78 is 37.8. The van der Waals surface area contributed by atoms with Crippen molar-refractivity contribution >= 4 is 22.5 Å². The van der Waals surface area contributed by atoms with Gasteiger partial charge in [0.15, 0.2) is 23.1 Å². The monoisotopic (exact) mass is 509 g/mol. The van der Waals surface area contributed by atoms with Crippen LogP contribution in [-0.2, 0) is 9.53 Å². The SMILES string of the molecule is COc1cc2nccc(Oc3ccc(NC(=O)C4(C)CC4)cc3F)c2cc1OCCCN1CCOCC1. The third-order valence-electron chi connectivity index (χ3n) is 6.92. The maximum atomic E-state index is 14.9. The number of amides is 1. The molecule has 1 amide bonds. The maximum Gasteiger partial charge on any atom is 0.230 e. The highest BCUT2D eigenvalue weighted by molar-refractivity contribution is 5.96. The van der Waals surface area contributed by atoms with Crippen molar-refractivity contribution in [3.05, 3.63) is 48.4 Å². The zero-order valence-electron chi connectivity index (χ0n) is 21.2. The highest BCUT2D eigenvalue weighted by Crippen LogP contribution is 2.46. The molecular formula is C28H32FN3O5. The number of morpholine rings is 1. The zero-order chi connectivity index (χ0) is 25.8. The van der Waals surface area contributed by atoms with Gasteiger partial charge in [0.05, 0.1) is 32.4 Å². The zero-order valence-corrected chi connectivity index (χ0v) is 21.2. The number of nitrogens with zero attached hydrogens (tertiary/aromatic N) is 2. The van der Waals surface area contributed by atoms with Crippen LogP contribution in [0.15, 0.2) is 42.6 Å². The Morgan fingerprint density at radius 1 is 1.11 bits per heavy atom. The highest BCUT2D eigenvalue weighted by atomic mass is 19.1. The minimum atomic E-state index is -0.572. The molecule has 0 unspecified atom stereocenters. The molecule has 1 N–H and O–H groups in total. The molecule has 9 heteroatoms. The molecule has 2 aromatic carbocycles. The van der Waals surface area contributed by atoms with Gasteiger partial charge < -0.3 is 24.3 Å². The second-order valence-electron chi connectivity index (χ2n) is 9.75. The van der Waals surface area contributed by atoms with Crippen LogP contribution in [0.4, 0.5) is 10.1 Å². The van der Waals surface area contributed by atoms with E-state index in [2.05, 4.69) is 15.2 Å². The van der Waals surface area contributed by atoms with Gasteiger partial charge in [-0.1, -0.05) is 6.92 Å². The van der Waals surface area contributed by atoms with Crippen LogP contribution in [-0.4, -0.2) is 62.4 Å². The number of hydrogen-bond donors (Lipinski definition) is 1. The van der Waals surface area contributed by atoms with Crippen LogP contribution < -0.4 is 19.5 Å². The van der Waals surface area contributed by atoms with Gasteiger partial charge in [0.2, 0.25) is 5.91 Å². The Kier molecular flexibility index (Phi) is 7.43. The topological polar surface area (TPSA) is 82.2 Å². The summed E-state index contributed by atoms with van der Waals surface area (Å²) in [6.45, 7) is 6.78. The molecule has 1 saturated heterocycles. The van der Waals surface area contributed by atoms with E-state index in [1.807, 2.05) is 13.0 Å². The molecule has 0 spiro atoms. The number of hydrogen-bond acceptors (Lipinski definition) is 7. The largest absolute Gasteiger partial charge is 0.493 e. The summed E-state index contributed by atoms with van der Waals surface area (Å²) in [5, 5.41) is 3.46. The van der Waals surface area contributed by atoms with Crippen molar-refractivity contribution in [2.45, 2.75) is 26.2 Å². The first-order valence-corrected chi connectivity index (χ1v) is 12.6. The summed E-state index contributed by atoms with van der Waals surface area (Å²) in [6.07, 6.45) is 4.16. The molecule has 0 bridgehead atoms. The molecule has 1 aliphatic carbocycles. The summed E-state index contributed by atoms with van der Waals surface area (Å²) in [6, 6.07) is 9.70. The molecule has 2 aliphatic rings. The second-order valence-corrected chi connectivity index (χ2v) is 9.75. The molecule has 1 aromatic heterocycles. The number of halogens is 1. The van der Waals surface area contributed by atoms with Gasteiger partial charge in [-0.3, -0.25) is 14.7 Å². The smallest absolute Gasteiger partial charge is 0.230 e. The first-order valence-electron chi connectivity index (χ1n) is 12.6. The lowest BCUT2D eigenvalue weighted by atomic mass is 10.1. The number of methoxy groups -OCH3 is 1. The van der Waals surface area contributed by atoms with E-state index in [1.165, 1.54) is 12.1 Å². The fourth-order valence-corrected chi connectivity index (χ4v) is 4.26. The summed E-state index contributed by atoms with van der Waals surface area (Å²) in [7, 11) is 1.58. The van der Waals surface area contributed by atoms with E-state index in [4.69, 9.17) is 18.9 Å². The number of pyridine rings is 1. The molecule has 2 heterocycles. The fraction of sp³-hybridized carbons (Fsp3) is 0.429. The second kappa shape index (κ2) is 10.9. The van der Waals surface area contributed by atoms with Crippen LogP contribution in [0.2, 0.25) is 0 Å². The lowest BCUT2D eigenvalue weighted by Gasteiger charge is -2.26. The lowest BCUT2D eigenvalue weighted by molar-refractivity contribution is -0.120. The van der Waals surface area contributed by atoms with E-state index < -0.39 is 5.82 Å². The van der Waals surface area contributed by atoms with Gasteiger partial charge in [-0.2, -0.15) is 0 Å². The van der Waals surface area contributed by atoms with Gasteiger partial charge in [0.25, 0.3) is 0 Å². The molecule has 2 fully saturated rings. The summed E-state index contributed by atoms with van der Waals surface area (Å²) in [4.78, 5) is 19.1. The van der Waals surface area contributed by atoms with Crippen LogP contribution in [0, 0.1) is 11.2 Å². The molecule has 8 nitrogen and oxygen atoms in total. The number of ether oxygens (including phenoxy) is 4. The van der Waals surface area contributed by atoms with Crippen molar-refractivity contribution in [3.8, 4) is 23.0 Å². The molecule has 1 aliphatic heterocycles. The van der Waals surface area contributed by atoms with E-state index in [1.54, 1.807) is 31.5 Å². The summed E-state index contributed by atoms with van der Waals surface area (Å²) in [5.41, 5.74) is 0.697. The molecule has 1 saturated carbocycles. The van der Waals surface area contributed by atoms with Gasteiger partial charge in [-0.25, -0.2) is 4.39 Å².